The molecule has 18 heavy (non-hydrogen) atoms. The molecule has 0 saturated heterocycles. The molecule has 6 nitrogen and oxygen atoms in total. The van der Waals surface area contributed by atoms with Crippen molar-refractivity contribution in [2.45, 2.75) is 12.5 Å². The summed E-state index contributed by atoms with van der Waals surface area (Å²) < 4.78 is 5.12. The maximum absolute atomic E-state index is 10.6. The molecule has 0 radical (unpaired) electrons. The molecule has 0 bridgehead atoms. The Morgan fingerprint density at radius 1 is 1.50 bits per heavy atom. The number of methoxy groups -OCH3 is 1. The molecular weight excluding hydrogens is 238 g/mol. The molecule has 0 spiro atoms. The van der Waals surface area contributed by atoms with Gasteiger partial charge in [-0.05, 0) is 17.7 Å². The number of anilines is 1. The number of nitrogens with one attached hydrogen (secondary N) is 1. The molecule has 1 atom stereocenters. The van der Waals surface area contributed by atoms with Gasteiger partial charge >= 0.3 is 5.97 Å². The molecule has 0 aliphatic heterocycles. The first-order valence-corrected chi connectivity index (χ1v) is 5.48. The van der Waals surface area contributed by atoms with Crippen LogP contribution in [0.2, 0.25) is 0 Å². The summed E-state index contributed by atoms with van der Waals surface area (Å²) in [7, 11) is 1.50. The Morgan fingerprint density at radius 3 is 2.78 bits per heavy atom. The van der Waals surface area contributed by atoms with Crippen LogP contribution in [0.25, 0.3) is 0 Å². The lowest BCUT2D eigenvalue weighted by atomic mass is 10.1. The van der Waals surface area contributed by atoms with Gasteiger partial charge in [0.25, 0.3) is 0 Å². The number of hydrogen-bond acceptors (Lipinski definition) is 5. The van der Waals surface area contributed by atoms with E-state index in [0.717, 1.165) is 0 Å². The number of carboxylic acid groups (broad SMARTS) is 1. The standard InChI is InChI=1S/C12H17NO5/c1-18-11-3-2-8(5-12(16)17)4-10(11)13-6-9(15)7-14/h2-4,9,13-15H,5-7H2,1H3,(H,16,17). The molecule has 1 rings (SSSR count). The SMILES string of the molecule is COc1ccc(CC(=O)O)cc1NCC(O)CO. The average molecular weight is 255 g/mol. The molecule has 100 valence electrons. The van der Waals surface area contributed by atoms with Gasteiger partial charge in [-0.3, -0.25) is 4.79 Å². The minimum atomic E-state index is -0.915. The number of carbonyl (C=O) groups is 1. The van der Waals surface area contributed by atoms with Crippen molar-refractivity contribution in [3.05, 3.63) is 23.8 Å². The first-order valence-electron chi connectivity index (χ1n) is 5.48. The third-order valence-electron chi connectivity index (χ3n) is 2.36. The van der Waals surface area contributed by atoms with E-state index in [9.17, 15) is 9.90 Å². The molecule has 1 aromatic carbocycles. The van der Waals surface area contributed by atoms with Gasteiger partial charge in [-0.2, -0.15) is 0 Å². The Labute approximate surface area is 105 Å². The fraction of sp³-hybridized carbons (Fsp3) is 0.417. The van der Waals surface area contributed by atoms with Crippen molar-refractivity contribution in [1.82, 2.24) is 0 Å². The van der Waals surface area contributed by atoms with Crippen LogP contribution in [0.5, 0.6) is 5.75 Å². The van der Waals surface area contributed by atoms with Crippen LogP contribution in [0.1, 0.15) is 5.56 Å². The highest BCUT2D eigenvalue weighted by atomic mass is 16.5. The third kappa shape index (κ3) is 4.23. The summed E-state index contributed by atoms with van der Waals surface area (Å²) in [4.78, 5) is 10.6. The van der Waals surface area contributed by atoms with Crippen molar-refractivity contribution in [1.29, 1.82) is 0 Å². The van der Waals surface area contributed by atoms with Crippen molar-refractivity contribution < 1.29 is 24.9 Å². The van der Waals surface area contributed by atoms with Crippen LogP contribution < -0.4 is 10.1 Å². The van der Waals surface area contributed by atoms with E-state index in [1.165, 1.54) is 7.11 Å². The largest absolute Gasteiger partial charge is 0.495 e. The first-order chi connectivity index (χ1) is 8.56. The van der Waals surface area contributed by atoms with E-state index >= 15 is 0 Å². The first kappa shape index (κ1) is 14.3. The predicted octanol–water partition coefficient (Wildman–Crippen LogP) is 0.0874. The van der Waals surface area contributed by atoms with Crippen molar-refractivity contribution in [2.75, 3.05) is 25.6 Å². The zero-order valence-corrected chi connectivity index (χ0v) is 10.1. The molecule has 1 aromatic rings. The zero-order chi connectivity index (χ0) is 13.5. The van der Waals surface area contributed by atoms with Gasteiger partial charge in [-0.15, -0.1) is 0 Å². The summed E-state index contributed by atoms with van der Waals surface area (Å²) in [5.74, 6) is -0.365. The van der Waals surface area contributed by atoms with Crippen LogP contribution in [0.15, 0.2) is 18.2 Å². The van der Waals surface area contributed by atoms with E-state index in [1.807, 2.05) is 0 Å². The van der Waals surface area contributed by atoms with Crippen LogP contribution >= 0.6 is 0 Å². The number of aliphatic carboxylic acids is 1. The molecule has 0 heterocycles. The molecule has 0 amide bonds. The normalized spacial score (nSPS) is 11.9. The number of hydrogen-bond donors (Lipinski definition) is 4. The van der Waals surface area contributed by atoms with Crippen LogP contribution in [0, 0.1) is 0 Å². The minimum absolute atomic E-state index is 0.0821. The van der Waals surface area contributed by atoms with Crippen molar-refractivity contribution in [3.63, 3.8) is 0 Å². The predicted molar refractivity (Wildman–Crippen MR) is 65.9 cm³/mol. The van der Waals surface area contributed by atoms with Crippen molar-refractivity contribution >= 4 is 11.7 Å². The van der Waals surface area contributed by atoms with Crippen LogP contribution in [-0.2, 0) is 11.2 Å². The van der Waals surface area contributed by atoms with Gasteiger partial charge in [0.15, 0.2) is 0 Å². The van der Waals surface area contributed by atoms with Gasteiger partial charge in [0.1, 0.15) is 5.75 Å². The van der Waals surface area contributed by atoms with E-state index in [1.54, 1.807) is 18.2 Å². The number of aliphatic hydroxyl groups is 2. The van der Waals surface area contributed by atoms with Crippen molar-refractivity contribution in [3.8, 4) is 5.75 Å². The molecule has 0 aromatic heterocycles. The number of ether oxygens (including phenoxy) is 1. The number of rotatable bonds is 7. The summed E-state index contributed by atoms with van der Waals surface area (Å²) in [6, 6.07) is 4.98. The Bertz CT molecular complexity index is 407. The summed E-state index contributed by atoms with van der Waals surface area (Å²) in [6.07, 6.45) is -0.959. The molecule has 4 N–H and O–H groups in total. The van der Waals surface area contributed by atoms with E-state index in [-0.39, 0.29) is 19.6 Å². The Morgan fingerprint density at radius 2 is 2.22 bits per heavy atom. The van der Waals surface area contributed by atoms with E-state index in [2.05, 4.69) is 5.32 Å². The van der Waals surface area contributed by atoms with Crippen molar-refractivity contribution in [2.24, 2.45) is 0 Å². The van der Waals surface area contributed by atoms with Gasteiger partial charge < -0.3 is 25.4 Å². The molecule has 6 heteroatoms. The van der Waals surface area contributed by atoms with Gasteiger partial charge in [-0.25, -0.2) is 0 Å². The van der Waals surface area contributed by atoms with Crippen LogP contribution in [0.3, 0.4) is 0 Å². The zero-order valence-electron chi connectivity index (χ0n) is 10.1. The fourth-order valence-electron chi connectivity index (χ4n) is 1.47. The van der Waals surface area contributed by atoms with Gasteiger partial charge in [0, 0.05) is 6.54 Å². The van der Waals surface area contributed by atoms with Crippen LogP contribution in [0.4, 0.5) is 5.69 Å². The Kier molecular flexibility index (Phi) is 5.41. The second kappa shape index (κ2) is 6.83. The maximum Gasteiger partial charge on any atom is 0.307 e. The van der Waals surface area contributed by atoms with E-state index in [0.29, 0.717) is 17.0 Å². The molecule has 0 saturated carbocycles. The number of benzene rings is 1. The highest BCUT2D eigenvalue weighted by molar-refractivity contribution is 5.71. The highest BCUT2D eigenvalue weighted by Gasteiger charge is 2.08. The quantitative estimate of drug-likeness (QED) is 0.551. The number of aliphatic hydroxyl groups excluding tert-OH is 2. The number of carboxylic acids is 1. The van der Waals surface area contributed by atoms with Crippen LogP contribution in [-0.4, -0.2) is 47.7 Å². The van der Waals surface area contributed by atoms with Gasteiger partial charge in [-0.1, -0.05) is 6.07 Å². The van der Waals surface area contributed by atoms with Gasteiger partial charge in [0.2, 0.25) is 0 Å². The lowest BCUT2D eigenvalue weighted by Crippen LogP contribution is -2.23. The summed E-state index contributed by atoms with van der Waals surface area (Å²) in [5, 5.41) is 29.6. The van der Waals surface area contributed by atoms with E-state index in [4.69, 9.17) is 14.9 Å². The fourth-order valence-corrected chi connectivity index (χ4v) is 1.47. The lowest BCUT2D eigenvalue weighted by Gasteiger charge is -2.14. The second-order valence-corrected chi connectivity index (χ2v) is 3.82. The Hall–Kier alpha value is -1.79. The summed E-state index contributed by atoms with van der Waals surface area (Å²) in [6.45, 7) is -0.187. The topological polar surface area (TPSA) is 99.0 Å². The highest BCUT2D eigenvalue weighted by Crippen LogP contribution is 2.25. The van der Waals surface area contributed by atoms with Gasteiger partial charge in [0.05, 0.1) is 31.9 Å². The smallest absolute Gasteiger partial charge is 0.307 e. The summed E-state index contributed by atoms with van der Waals surface area (Å²) >= 11 is 0. The van der Waals surface area contributed by atoms with E-state index < -0.39 is 12.1 Å². The molecule has 0 aliphatic rings. The third-order valence-corrected chi connectivity index (χ3v) is 2.36. The average Bonchev–Trinajstić information content (AvgIpc) is 2.35. The lowest BCUT2D eigenvalue weighted by molar-refractivity contribution is -0.136. The molecule has 1 unspecified atom stereocenters. The Balaban J connectivity index is 2.81. The minimum Gasteiger partial charge on any atom is -0.495 e. The monoisotopic (exact) mass is 255 g/mol. The maximum atomic E-state index is 10.6. The molecular formula is C12H17NO5. The molecule has 0 aliphatic carbocycles. The molecule has 0 fully saturated rings. The second-order valence-electron chi connectivity index (χ2n) is 3.82. The summed E-state index contributed by atoms with van der Waals surface area (Å²) in [5.41, 5.74) is 1.22.